The number of aromatic nitrogens is 1. The Labute approximate surface area is 195 Å². The van der Waals surface area contributed by atoms with Crippen LogP contribution in [0.15, 0.2) is 48.0 Å². The molecule has 0 atom stereocenters. The third-order valence-corrected chi connectivity index (χ3v) is 6.83. The summed E-state index contributed by atoms with van der Waals surface area (Å²) in [6.45, 7) is 1.71. The van der Waals surface area contributed by atoms with Crippen molar-refractivity contribution in [2.45, 2.75) is 24.8 Å². The minimum absolute atomic E-state index is 0.0380. The van der Waals surface area contributed by atoms with Crippen molar-refractivity contribution in [1.82, 2.24) is 20.5 Å². The fraction of sp³-hybridized carbons (Fsp3) is 0.348. The molecule has 0 bridgehead atoms. The van der Waals surface area contributed by atoms with E-state index in [1.165, 1.54) is 23.5 Å². The zero-order chi connectivity index (χ0) is 23.4. The van der Waals surface area contributed by atoms with Gasteiger partial charge in [0, 0.05) is 31.3 Å². The Balaban J connectivity index is 1.46. The van der Waals surface area contributed by atoms with Crippen LogP contribution in [0.5, 0.6) is 0 Å². The van der Waals surface area contributed by atoms with Crippen molar-refractivity contribution in [2.75, 3.05) is 26.7 Å². The summed E-state index contributed by atoms with van der Waals surface area (Å²) in [5.41, 5.74) is 3.05. The molecule has 1 aliphatic rings. The Bertz CT molecular complexity index is 1170. The number of piperidine rings is 1. The number of hydrogen-bond donors (Lipinski definition) is 2. The average molecular weight is 468 g/mol. The SMILES string of the molecule is CN(CCc1ccc([N+](=O)[O-])cc1)C(=O)C1(NC(=O)c2ccc3ncsc3c2)CCNCC1. The van der Waals surface area contributed by atoms with E-state index < -0.39 is 10.5 Å². The first kappa shape index (κ1) is 22.8. The molecule has 1 saturated heterocycles. The van der Waals surface area contributed by atoms with Crippen LogP contribution in [0.4, 0.5) is 5.69 Å². The van der Waals surface area contributed by atoms with Gasteiger partial charge < -0.3 is 15.5 Å². The second-order valence-corrected chi connectivity index (χ2v) is 9.11. The zero-order valence-electron chi connectivity index (χ0n) is 18.2. The minimum atomic E-state index is -0.977. The van der Waals surface area contributed by atoms with Crippen molar-refractivity contribution in [3.63, 3.8) is 0 Å². The Morgan fingerprint density at radius 3 is 2.64 bits per heavy atom. The summed E-state index contributed by atoms with van der Waals surface area (Å²) in [7, 11) is 1.73. The highest BCUT2D eigenvalue weighted by molar-refractivity contribution is 7.16. The van der Waals surface area contributed by atoms with Crippen molar-refractivity contribution >= 4 is 39.1 Å². The molecule has 33 heavy (non-hydrogen) atoms. The van der Waals surface area contributed by atoms with E-state index in [2.05, 4.69) is 15.6 Å². The standard InChI is InChI=1S/C23H25N5O4S/c1-27(13-8-16-2-5-18(6-3-16)28(31)32)22(30)23(9-11-24-12-10-23)26-21(29)17-4-7-19-20(14-17)33-15-25-19/h2-7,14-15,24H,8-13H2,1H3,(H,26,29). The maximum atomic E-state index is 13.5. The summed E-state index contributed by atoms with van der Waals surface area (Å²) in [5, 5.41) is 17.1. The molecule has 172 valence electrons. The summed E-state index contributed by atoms with van der Waals surface area (Å²) >= 11 is 1.47. The maximum Gasteiger partial charge on any atom is 0.269 e. The van der Waals surface area contributed by atoms with Gasteiger partial charge in [-0.2, -0.15) is 0 Å². The topological polar surface area (TPSA) is 117 Å². The maximum absolute atomic E-state index is 13.5. The molecule has 4 rings (SSSR count). The van der Waals surface area contributed by atoms with Crippen LogP contribution in [0, 0.1) is 10.1 Å². The quantitative estimate of drug-likeness (QED) is 0.408. The molecule has 2 amide bonds. The van der Waals surface area contributed by atoms with E-state index >= 15 is 0 Å². The lowest BCUT2D eigenvalue weighted by Gasteiger charge is -2.39. The highest BCUT2D eigenvalue weighted by Gasteiger charge is 2.42. The molecule has 1 fully saturated rings. The number of fused-ring (bicyclic) bond motifs is 1. The predicted octanol–water partition coefficient (Wildman–Crippen LogP) is 2.76. The third kappa shape index (κ3) is 5.01. The average Bonchev–Trinajstić information content (AvgIpc) is 3.31. The molecule has 2 heterocycles. The van der Waals surface area contributed by atoms with E-state index in [0.29, 0.717) is 44.5 Å². The predicted molar refractivity (Wildman–Crippen MR) is 126 cm³/mol. The van der Waals surface area contributed by atoms with Crippen molar-refractivity contribution in [1.29, 1.82) is 0 Å². The fourth-order valence-electron chi connectivity index (χ4n) is 4.08. The third-order valence-electron chi connectivity index (χ3n) is 6.04. The van der Waals surface area contributed by atoms with Gasteiger partial charge in [0.2, 0.25) is 5.91 Å². The Hall–Kier alpha value is -3.37. The number of amides is 2. The first-order valence-electron chi connectivity index (χ1n) is 10.7. The molecule has 3 aromatic rings. The molecule has 0 saturated carbocycles. The van der Waals surface area contributed by atoms with Crippen LogP contribution in [-0.2, 0) is 11.2 Å². The number of carbonyl (C=O) groups is 2. The van der Waals surface area contributed by atoms with Gasteiger partial charge in [-0.05, 0) is 56.1 Å². The van der Waals surface area contributed by atoms with E-state index in [9.17, 15) is 19.7 Å². The summed E-state index contributed by atoms with van der Waals surface area (Å²) in [5.74, 6) is -0.401. The summed E-state index contributed by atoms with van der Waals surface area (Å²) in [4.78, 5) is 42.9. The minimum Gasteiger partial charge on any atom is -0.343 e. The van der Waals surface area contributed by atoms with Gasteiger partial charge in [0.05, 0.1) is 20.7 Å². The van der Waals surface area contributed by atoms with Crippen LogP contribution in [0.1, 0.15) is 28.8 Å². The van der Waals surface area contributed by atoms with Crippen LogP contribution in [-0.4, -0.2) is 58.8 Å². The van der Waals surface area contributed by atoms with Gasteiger partial charge in [-0.15, -0.1) is 11.3 Å². The second kappa shape index (κ2) is 9.63. The van der Waals surface area contributed by atoms with Crippen LogP contribution in [0.2, 0.25) is 0 Å². The van der Waals surface area contributed by atoms with E-state index in [-0.39, 0.29) is 17.5 Å². The number of thiazole rings is 1. The monoisotopic (exact) mass is 467 g/mol. The van der Waals surface area contributed by atoms with Gasteiger partial charge >= 0.3 is 0 Å². The molecule has 0 spiro atoms. The highest BCUT2D eigenvalue weighted by Crippen LogP contribution is 2.24. The van der Waals surface area contributed by atoms with Crippen molar-refractivity contribution in [2.24, 2.45) is 0 Å². The molecule has 10 heteroatoms. The lowest BCUT2D eigenvalue weighted by atomic mass is 9.86. The van der Waals surface area contributed by atoms with E-state index in [1.54, 1.807) is 41.7 Å². The molecular weight excluding hydrogens is 442 g/mol. The molecule has 0 unspecified atom stereocenters. The van der Waals surface area contributed by atoms with Crippen molar-refractivity contribution in [3.8, 4) is 0 Å². The smallest absolute Gasteiger partial charge is 0.269 e. The zero-order valence-corrected chi connectivity index (χ0v) is 19.1. The molecule has 1 aromatic heterocycles. The molecule has 9 nitrogen and oxygen atoms in total. The number of likely N-dealkylation sites (N-methyl/N-ethyl adjacent to an activating group) is 1. The molecule has 2 aromatic carbocycles. The number of rotatable bonds is 7. The number of non-ortho nitro benzene ring substituents is 1. The summed E-state index contributed by atoms with van der Waals surface area (Å²) < 4.78 is 0.925. The largest absolute Gasteiger partial charge is 0.343 e. The Morgan fingerprint density at radius 1 is 1.21 bits per heavy atom. The van der Waals surface area contributed by atoms with Gasteiger partial charge in [0.25, 0.3) is 11.6 Å². The molecule has 0 radical (unpaired) electrons. The number of hydrogen-bond acceptors (Lipinski definition) is 7. The molecular formula is C23H25N5O4S. The summed E-state index contributed by atoms with van der Waals surface area (Å²) in [6, 6.07) is 11.7. The Kier molecular flexibility index (Phi) is 6.66. The highest BCUT2D eigenvalue weighted by atomic mass is 32.1. The Morgan fingerprint density at radius 2 is 1.94 bits per heavy atom. The van der Waals surface area contributed by atoms with Crippen LogP contribution >= 0.6 is 11.3 Å². The van der Waals surface area contributed by atoms with Crippen LogP contribution in [0.25, 0.3) is 10.2 Å². The lowest BCUT2D eigenvalue weighted by Crippen LogP contribution is -2.63. The van der Waals surface area contributed by atoms with Crippen LogP contribution in [0.3, 0.4) is 0 Å². The lowest BCUT2D eigenvalue weighted by molar-refractivity contribution is -0.384. The van der Waals surface area contributed by atoms with Gasteiger partial charge in [-0.1, -0.05) is 12.1 Å². The van der Waals surface area contributed by atoms with Gasteiger partial charge in [0.1, 0.15) is 5.54 Å². The number of carbonyl (C=O) groups excluding carboxylic acids is 2. The number of nitro benzene ring substituents is 1. The molecule has 2 N–H and O–H groups in total. The molecule has 1 aliphatic heterocycles. The number of nitrogens with one attached hydrogen (secondary N) is 2. The van der Waals surface area contributed by atoms with E-state index in [1.807, 2.05) is 6.07 Å². The first-order chi connectivity index (χ1) is 15.9. The fourth-order valence-corrected chi connectivity index (χ4v) is 4.80. The van der Waals surface area contributed by atoms with Crippen molar-refractivity contribution < 1.29 is 14.5 Å². The van der Waals surface area contributed by atoms with Gasteiger partial charge in [0.15, 0.2) is 0 Å². The number of nitro groups is 1. The van der Waals surface area contributed by atoms with Crippen LogP contribution < -0.4 is 10.6 Å². The van der Waals surface area contributed by atoms with E-state index in [4.69, 9.17) is 0 Å². The van der Waals surface area contributed by atoms with E-state index in [0.717, 1.165) is 15.8 Å². The first-order valence-corrected chi connectivity index (χ1v) is 11.6. The van der Waals surface area contributed by atoms with Gasteiger partial charge in [-0.25, -0.2) is 4.98 Å². The normalized spacial score (nSPS) is 15.2. The molecule has 0 aliphatic carbocycles. The van der Waals surface area contributed by atoms with Crippen molar-refractivity contribution in [3.05, 3.63) is 69.2 Å². The second-order valence-electron chi connectivity index (χ2n) is 8.22. The number of benzene rings is 2. The van der Waals surface area contributed by atoms with Gasteiger partial charge in [-0.3, -0.25) is 19.7 Å². The number of nitrogens with zero attached hydrogens (tertiary/aromatic N) is 3. The summed E-state index contributed by atoms with van der Waals surface area (Å²) in [6.07, 6.45) is 1.56.